The van der Waals surface area contributed by atoms with Gasteiger partial charge in [0.2, 0.25) is 0 Å². The first-order chi connectivity index (χ1) is 6.25. The molecule has 0 bridgehead atoms. The number of anilines is 2. The number of alkyl halides is 3. The highest BCUT2D eigenvalue weighted by Gasteiger charge is 2.37. The second-order valence-corrected chi connectivity index (χ2v) is 3.31. The fourth-order valence-electron chi connectivity index (χ4n) is 0.928. The standard InChI is InChI=1S/C7H5Cl2F3N2/c8-5-2(13)1-3(14)6(9)4(5)7(10,11)12/h1H,13-14H2. The Morgan fingerprint density at radius 3 is 1.64 bits per heavy atom. The molecule has 78 valence electrons. The summed E-state index contributed by atoms with van der Waals surface area (Å²) in [6.07, 6.45) is -4.67. The van der Waals surface area contributed by atoms with Crippen LogP contribution in [0.5, 0.6) is 0 Å². The van der Waals surface area contributed by atoms with Crippen LogP contribution in [0.1, 0.15) is 5.56 Å². The van der Waals surface area contributed by atoms with E-state index in [0.717, 1.165) is 6.07 Å². The Balaban J connectivity index is 3.56. The van der Waals surface area contributed by atoms with Gasteiger partial charge in [-0.2, -0.15) is 13.2 Å². The average molecular weight is 245 g/mol. The van der Waals surface area contributed by atoms with Crippen LogP contribution in [0.2, 0.25) is 10.0 Å². The lowest BCUT2D eigenvalue weighted by atomic mass is 10.1. The van der Waals surface area contributed by atoms with Crippen molar-refractivity contribution in [3.05, 3.63) is 21.7 Å². The van der Waals surface area contributed by atoms with E-state index in [-0.39, 0.29) is 11.4 Å². The lowest BCUT2D eigenvalue weighted by molar-refractivity contribution is -0.137. The molecule has 0 saturated heterocycles. The summed E-state index contributed by atoms with van der Waals surface area (Å²) in [5, 5.41) is -1.26. The highest BCUT2D eigenvalue weighted by Crippen LogP contribution is 2.44. The molecule has 0 amide bonds. The topological polar surface area (TPSA) is 52.0 Å². The van der Waals surface area contributed by atoms with E-state index in [9.17, 15) is 13.2 Å². The number of hydrogen-bond acceptors (Lipinski definition) is 2. The molecule has 0 aliphatic carbocycles. The zero-order chi connectivity index (χ0) is 11.1. The van der Waals surface area contributed by atoms with E-state index in [1.807, 2.05) is 0 Å². The summed E-state index contributed by atoms with van der Waals surface area (Å²) in [5.41, 5.74) is 8.74. The summed E-state index contributed by atoms with van der Waals surface area (Å²) < 4.78 is 37.2. The van der Waals surface area contributed by atoms with Crippen LogP contribution in [-0.2, 0) is 6.18 Å². The van der Waals surface area contributed by atoms with Crippen LogP contribution in [-0.4, -0.2) is 0 Å². The second kappa shape index (κ2) is 3.40. The number of nitrogen functional groups attached to an aromatic ring is 2. The Kier molecular flexibility index (Phi) is 2.74. The van der Waals surface area contributed by atoms with Gasteiger partial charge in [-0.25, -0.2) is 0 Å². The molecule has 0 heterocycles. The summed E-state index contributed by atoms with van der Waals surface area (Å²) in [4.78, 5) is 0. The highest BCUT2D eigenvalue weighted by molar-refractivity contribution is 6.39. The fourth-order valence-corrected chi connectivity index (χ4v) is 1.49. The van der Waals surface area contributed by atoms with Crippen LogP contribution >= 0.6 is 23.2 Å². The van der Waals surface area contributed by atoms with Gasteiger partial charge >= 0.3 is 6.18 Å². The summed E-state index contributed by atoms with van der Waals surface area (Å²) in [6.45, 7) is 0. The van der Waals surface area contributed by atoms with Crippen molar-refractivity contribution >= 4 is 34.6 Å². The number of rotatable bonds is 0. The molecule has 0 atom stereocenters. The molecule has 0 aromatic heterocycles. The summed E-state index contributed by atoms with van der Waals surface area (Å²) in [5.74, 6) is 0. The monoisotopic (exact) mass is 244 g/mol. The first-order valence-electron chi connectivity index (χ1n) is 3.35. The summed E-state index contributed by atoms with van der Waals surface area (Å²) in [7, 11) is 0. The molecule has 7 heteroatoms. The van der Waals surface area contributed by atoms with Crippen LogP contribution in [0.4, 0.5) is 24.5 Å². The predicted octanol–water partition coefficient (Wildman–Crippen LogP) is 3.18. The minimum absolute atomic E-state index is 0.249. The molecule has 0 spiro atoms. The van der Waals surface area contributed by atoms with Gasteiger partial charge in [0.1, 0.15) is 0 Å². The van der Waals surface area contributed by atoms with E-state index < -0.39 is 21.8 Å². The molecule has 0 unspecified atom stereocenters. The first kappa shape index (κ1) is 11.3. The van der Waals surface area contributed by atoms with Crippen molar-refractivity contribution in [3.8, 4) is 0 Å². The second-order valence-electron chi connectivity index (χ2n) is 2.56. The van der Waals surface area contributed by atoms with Gasteiger partial charge in [0.25, 0.3) is 0 Å². The lowest BCUT2D eigenvalue weighted by Crippen LogP contribution is -2.10. The molecule has 0 radical (unpaired) electrons. The molecule has 0 aliphatic heterocycles. The smallest absolute Gasteiger partial charge is 0.397 e. The zero-order valence-electron chi connectivity index (χ0n) is 6.62. The number of benzene rings is 1. The maximum absolute atomic E-state index is 12.4. The minimum atomic E-state index is -4.67. The van der Waals surface area contributed by atoms with Gasteiger partial charge in [-0.3, -0.25) is 0 Å². The molecule has 2 nitrogen and oxygen atoms in total. The maximum Gasteiger partial charge on any atom is 0.419 e. The lowest BCUT2D eigenvalue weighted by Gasteiger charge is -2.14. The molecule has 0 saturated carbocycles. The van der Waals surface area contributed by atoms with Crippen molar-refractivity contribution in [2.24, 2.45) is 0 Å². The molecular weight excluding hydrogens is 240 g/mol. The van der Waals surface area contributed by atoms with E-state index in [4.69, 9.17) is 34.7 Å². The minimum Gasteiger partial charge on any atom is -0.397 e. The average Bonchev–Trinajstić information content (AvgIpc) is 1.98. The van der Waals surface area contributed by atoms with Gasteiger partial charge in [-0.15, -0.1) is 0 Å². The zero-order valence-corrected chi connectivity index (χ0v) is 8.13. The molecule has 14 heavy (non-hydrogen) atoms. The Labute approximate surface area is 87.6 Å². The van der Waals surface area contributed by atoms with Crippen molar-refractivity contribution in [2.45, 2.75) is 6.18 Å². The Bertz CT molecular complexity index is 350. The molecule has 4 N–H and O–H groups in total. The van der Waals surface area contributed by atoms with Crippen molar-refractivity contribution in [1.29, 1.82) is 0 Å². The molecule has 0 aliphatic rings. The fraction of sp³-hybridized carbons (Fsp3) is 0.143. The van der Waals surface area contributed by atoms with Crippen LogP contribution in [0.25, 0.3) is 0 Å². The predicted molar refractivity (Wildman–Crippen MR) is 50.3 cm³/mol. The third-order valence-corrected chi connectivity index (χ3v) is 2.35. The van der Waals surface area contributed by atoms with E-state index in [1.165, 1.54) is 0 Å². The Morgan fingerprint density at radius 1 is 1.00 bits per heavy atom. The van der Waals surface area contributed by atoms with E-state index in [1.54, 1.807) is 0 Å². The van der Waals surface area contributed by atoms with Crippen molar-refractivity contribution < 1.29 is 13.2 Å². The summed E-state index contributed by atoms with van der Waals surface area (Å²) >= 11 is 10.7. The normalized spacial score (nSPS) is 11.8. The van der Waals surface area contributed by atoms with Crippen LogP contribution in [0.3, 0.4) is 0 Å². The number of hydrogen-bond donors (Lipinski definition) is 2. The molecule has 1 aromatic rings. The SMILES string of the molecule is Nc1cc(N)c(Cl)c(C(F)(F)F)c1Cl. The van der Waals surface area contributed by atoms with Gasteiger partial charge in [0.15, 0.2) is 0 Å². The molecule has 1 aromatic carbocycles. The maximum atomic E-state index is 12.4. The van der Waals surface area contributed by atoms with Crippen molar-refractivity contribution in [3.63, 3.8) is 0 Å². The van der Waals surface area contributed by atoms with Crippen molar-refractivity contribution in [2.75, 3.05) is 11.5 Å². The van der Waals surface area contributed by atoms with Gasteiger partial charge in [0.05, 0.1) is 27.0 Å². The van der Waals surface area contributed by atoms with E-state index in [0.29, 0.717) is 0 Å². The molecular formula is C7H5Cl2F3N2. The van der Waals surface area contributed by atoms with E-state index in [2.05, 4.69) is 0 Å². The van der Waals surface area contributed by atoms with Gasteiger partial charge in [0, 0.05) is 0 Å². The Hall–Kier alpha value is -0.810. The van der Waals surface area contributed by atoms with Crippen LogP contribution in [0, 0.1) is 0 Å². The highest BCUT2D eigenvalue weighted by atomic mass is 35.5. The van der Waals surface area contributed by atoms with Gasteiger partial charge < -0.3 is 11.5 Å². The molecule has 0 fully saturated rings. The van der Waals surface area contributed by atoms with Crippen molar-refractivity contribution in [1.82, 2.24) is 0 Å². The third kappa shape index (κ3) is 1.83. The molecule has 1 rings (SSSR count). The third-order valence-electron chi connectivity index (χ3n) is 1.54. The Morgan fingerprint density at radius 2 is 1.36 bits per heavy atom. The number of halogens is 5. The first-order valence-corrected chi connectivity index (χ1v) is 4.11. The quantitative estimate of drug-likeness (QED) is 0.689. The van der Waals surface area contributed by atoms with Gasteiger partial charge in [-0.05, 0) is 6.07 Å². The van der Waals surface area contributed by atoms with Crippen LogP contribution < -0.4 is 11.5 Å². The number of nitrogens with two attached hydrogens (primary N) is 2. The van der Waals surface area contributed by atoms with E-state index >= 15 is 0 Å². The van der Waals surface area contributed by atoms with Crippen LogP contribution in [0.15, 0.2) is 6.07 Å². The van der Waals surface area contributed by atoms with Gasteiger partial charge in [-0.1, -0.05) is 23.2 Å². The largest absolute Gasteiger partial charge is 0.419 e. The summed E-state index contributed by atoms with van der Waals surface area (Å²) in [6, 6.07) is 1.08.